The molecule has 3 amide bonds. The minimum Gasteiger partial charge on any atom is -0.460 e. The molecule has 2 aromatic carbocycles. The molecular weight excluding hydrogens is 574 g/mol. The predicted molar refractivity (Wildman–Crippen MR) is 164 cm³/mol. The Morgan fingerprint density at radius 2 is 1.69 bits per heavy atom. The number of aliphatic hydroxyl groups is 1. The number of aliphatic hydroxyl groups excluding tert-OH is 1. The van der Waals surface area contributed by atoms with Gasteiger partial charge in [-0.25, -0.2) is 0 Å². The number of allylic oxidation sites excluding steroid dienone is 1. The maximum atomic E-state index is 14.9. The SMILES string of the molecule is C[C@@H]1CNC(=O)CC/C=C\CN(Cc2ccccc2)C(=O)[C@@H]2N([C@@H](CO)Cc3ccccc3)C(=O)[C@H]3[C@H](C(=O)O1)[C@@H]1C=C[C@]23O1. The highest BCUT2D eigenvalue weighted by atomic mass is 16.6. The van der Waals surface area contributed by atoms with Crippen LogP contribution < -0.4 is 5.32 Å². The molecule has 4 aliphatic heterocycles. The average molecular weight is 614 g/mol. The Kier molecular flexibility index (Phi) is 8.87. The highest BCUT2D eigenvalue weighted by Crippen LogP contribution is 2.56. The van der Waals surface area contributed by atoms with Gasteiger partial charge in [0, 0.05) is 19.5 Å². The van der Waals surface area contributed by atoms with E-state index < -0.39 is 53.6 Å². The molecule has 2 fully saturated rings. The van der Waals surface area contributed by atoms with Crippen LogP contribution in [0.4, 0.5) is 0 Å². The highest BCUT2D eigenvalue weighted by molar-refractivity contribution is 5.99. The minimum atomic E-state index is -1.41. The smallest absolute Gasteiger partial charge is 0.313 e. The number of nitrogens with one attached hydrogen (secondary N) is 1. The van der Waals surface area contributed by atoms with Crippen LogP contribution in [-0.4, -0.2) is 88.2 Å². The quantitative estimate of drug-likeness (QED) is 0.378. The first-order valence-electron chi connectivity index (χ1n) is 15.6. The molecule has 7 atom stereocenters. The first-order chi connectivity index (χ1) is 21.8. The van der Waals surface area contributed by atoms with Crippen LogP contribution >= 0.6 is 0 Å². The van der Waals surface area contributed by atoms with Crippen molar-refractivity contribution < 1.29 is 33.8 Å². The Bertz CT molecular complexity index is 1480. The van der Waals surface area contributed by atoms with Gasteiger partial charge in [0.1, 0.15) is 23.7 Å². The van der Waals surface area contributed by atoms with E-state index in [1.54, 1.807) is 24.0 Å². The molecule has 4 aliphatic rings. The van der Waals surface area contributed by atoms with Crippen molar-refractivity contribution >= 4 is 23.7 Å². The number of rotatable bonds is 6. The fourth-order valence-corrected chi connectivity index (χ4v) is 7.09. The molecule has 1 spiro atoms. The summed E-state index contributed by atoms with van der Waals surface area (Å²) in [7, 11) is 0. The Labute approximate surface area is 262 Å². The second kappa shape index (κ2) is 13.0. The van der Waals surface area contributed by atoms with Crippen LogP contribution in [-0.2, 0) is 41.6 Å². The van der Waals surface area contributed by atoms with Gasteiger partial charge in [-0.1, -0.05) is 85.0 Å². The number of hydrogen-bond acceptors (Lipinski definition) is 7. The van der Waals surface area contributed by atoms with E-state index in [9.17, 15) is 24.3 Å². The zero-order valence-corrected chi connectivity index (χ0v) is 25.3. The molecule has 4 heterocycles. The van der Waals surface area contributed by atoms with E-state index >= 15 is 0 Å². The number of cyclic esters (lactones) is 1. The van der Waals surface area contributed by atoms with Crippen molar-refractivity contribution in [3.05, 3.63) is 96.1 Å². The molecule has 236 valence electrons. The van der Waals surface area contributed by atoms with Gasteiger partial charge >= 0.3 is 5.97 Å². The normalized spacial score (nSPS) is 31.5. The lowest BCUT2D eigenvalue weighted by atomic mass is 9.74. The number of amides is 3. The Morgan fingerprint density at radius 3 is 2.40 bits per heavy atom. The van der Waals surface area contributed by atoms with Crippen molar-refractivity contribution in [1.82, 2.24) is 15.1 Å². The molecule has 2 N–H and O–H groups in total. The van der Waals surface area contributed by atoms with Gasteiger partial charge in [-0.05, 0) is 30.9 Å². The maximum absolute atomic E-state index is 14.9. The zero-order valence-electron chi connectivity index (χ0n) is 25.3. The second-order valence-corrected chi connectivity index (χ2v) is 12.2. The minimum absolute atomic E-state index is 0.133. The van der Waals surface area contributed by atoms with Crippen molar-refractivity contribution in [3.63, 3.8) is 0 Å². The number of carbonyl (C=O) groups is 4. The highest BCUT2D eigenvalue weighted by Gasteiger charge is 2.74. The van der Waals surface area contributed by atoms with E-state index in [0.29, 0.717) is 12.8 Å². The summed E-state index contributed by atoms with van der Waals surface area (Å²) in [4.78, 5) is 58.6. The lowest BCUT2D eigenvalue weighted by Crippen LogP contribution is -2.58. The molecule has 10 nitrogen and oxygen atoms in total. The summed E-state index contributed by atoms with van der Waals surface area (Å²) < 4.78 is 12.3. The molecule has 45 heavy (non-hydrogen) atoms. The van der Waals surface area contributed by atoms with Gasteiger partial charge in [-0.15, -0.1) is 0 Å². The number of nitrogens with zero attached hydrogens (tertiary/aromatic N) is 2. The summed E-state index contributed by atoms with van der Waals surface area (Å²) in [6.07, 6.45) is 6.88. The monoisotopic (exact) mass is 613 g/mol. The summed E-state index contributed by atoms with van der Waals surface area (Å²) in [5, 5.41) is 13.5. The first-order valence-corrected chi connectivity index (χ1v) is 15.6. The third kappa shape index (κ3) is 5.92. The molecule has 10 heteroatoms. The summed E-state index contributed by atoms with van der Waals surface area (Å²) in [5.74, 6) is -3.54. The van der Waals surface area contributed by atoms with Gasteiger partial charge in [-0.3, -0.25) is 19.2 Å². The molecule has 2 saturated heterocycles. The zero-order chi connectivity index (χ0) is 31.6. The maximum Gasteiger partial charge on any atom is 0.313 e. The van der Waals surface area contributed by atoms with E-state index in [-0.39, 0.29) is 44.5 Å². The average Bonchev–Trinajstić information content (AvgIpc) is 3.69. The number of ether oxygens (including phenoxy) is 2. The van der Waals surface area contributed by atoms with Crippen LogP contribution in [0.3, 0.4) is 0 Å². The molecule has 2 aromatic rings. The lowest BCUT2D eigenvalue weighted by Gasteiger charge is -2.39. The van der Waals surface area contributed by atoms with Gasteiger partial charge in [0.05, 0.1) is 31.2 Å². The Balaban J connectivity index is 1.43. The van der Waals surface area contributed by atoms with Crippen LogP contribution in [0.2, 0.25) is 0 Å². The fraction of sp³-hybridized carbons (Fsp3) is 0.429. The van der Waals surface area contributed by atoms with Crippen molar-refractivity contribution in [2.24, 2.45) is 11.8 Å². The van der Waals surface area contributed by atoms with E-state index in [1.807, 2.05) is 72.8 Å². The van der Waals surface area contributed by atoms with Gasteiger partial charge < -0.3 is 29.7 Å². The third-order valence-electron chi connectivity index (χ3n) is 9.20. The van der Waals surface area contributed by atoms with E-state index in [4.69, 9.17) is 9.47 Å². The molecule has 5 bridgehead atoms. The lowest BCUT2D eigenvalue weighted by molar-refractivity contribution is -0.159. The van der Waals surface area contributed by atoms with Crippen molar-refractivity contribution in [2.45, 2.75) is 62.6 Å². The summed E-state index contributed by atoms with van der Waals surface area (Å²) >= 11 is 0. The molecule has 0 aromatic heterocycles. The Hall–Kier alpha value is -4.28. The van der Waals surface area contributed by atoms with Crippen LogP contribution in [0, 0.1) is 11.8 Å². The second-order valence-electron chi connectivity index (χ2n) is 12.2. The van der Waals surface area contributed by atoms with Gasteiger partial charge in [0.25, 0.3) is 0 Å². The molecule has 6 rings (SSSR count). The van der Waals surface area contributed by atoms with Crippen molar-refractivity contribution in [3.8, 4) is 0 Å². The summed E-state index contributed by atoms with van der Waals surface area (Å²) in [6.45, 7) is 1.93. The summed E-state index contributed by atoms with van der Waals surface area (Å²) in [6, 6.07) is 17.2. The number of fused-ring (bicyclic) bond motifs is 2. The largest absolute Gasteiger partial charge is 0.460 e. The number of likely N-dealkylation sites (tertiary alicyclic amines) is 1. The van der Waals surface area contributed by atoms with Gasteiger partial charge in [0.15, 0.2) is 0 Å². The van der Waals surface area contributed by atoms with Gasteiger partial charge in [0.2, 0.25) is 17.7 Å². The standard InChI is InChI=1S/C35H39N3O7/c1-23-20-36-28(40)15-9-4-10-18-37(21-25-13-7-3-8-14-25)33(42)31-35-17-16-27(45-35)29(34(43)44-23)30(35)32(41)38(31)26(22-39)19-24-11-5-2-6-12-24/h2-8,10-14,16-17,23,26-27,29-31,39H,9,15,18-22H2,1H3,(H,36,40)/b10-4-/t23-,26-,27+,29-,30-,31+,35-/m1/s1. The Morgan fingerprint density at radius 1 is 0.978 bits per heavy atom. The number of hydrogen-bond donors (Lipinski definition) is 2. The molecular formula is C35H39N3O7. The van der Waals surface area contributed by atoms with Crippen molar-refractivity contribution in [2.75, 3.05) is 19.7 Å². The fourth-order valence-electron chi connectivity index (χ4n) is 7.09. The molecule has 0 saturated carbocycles. The van der Waals surface area contributed by atoms with E-state index in [2.05, 4.69) is 5.32 Å². The van der Waals surface area contributed by atoms with Crippen molar-refractivity contribution in [1.29, 1.82) is 0 Å². The van der Waals surface area contributed by atoms with Crippen LogP contribution in [0.1, 0.15) is 30.9 Å². The van der Waals surface area contributed by atoms with Crippen LogP contribution in [0.15, 0.2) is 85.0 Å². The van der Waals surface area contributed by atoms with Gasteiger partial charge in [-0.2, -0.15) is 0 Å². The van der Waals surface area contributed by atoms with Crippen LogP contribution in [0.5, 0.6) is 0 Å². The number of benzene rings is 2. The van der Waals surface area contributed by atoms with Crippen LogP contribution in [0.25, 0.3) is 0 Å². The molecule has 0 radical (unpaired) electrons. The summed E-state index contributed by atoms with van der Waals surface area (Å²) in [5.41, 5.74) is 0.396. The molecule has 0 aliphatic carbocycles. The first kappa shape index (κ1) is 30.7. The van der Waals surface area contributed by atoms with E-state index in [0.717, 1.165) is 11.1 Å². The predicted octanol–water partition coefficient (Wildman–Crippen LogP) is 2.17. The molecule has 0 unspecified atom stereocenters. The third-order valence-corrected chi connectivity index (χ3v) is 9.20. The van der Waals surface area contributed by atoms with E-state index in [1.165, 1.54) is 4.90 Å². The topological polar surface area (TPSA) is 125 Å². The number of esters is 1. The number of carbonyl (C=O) groups excluding carboxylic acids is 4.